The van der Waals surface area contributed by atoms with Crippen molar-refractivity contribution in [2.24, 2.45) is 22.2 Å². The van der Waals surface area contributed by atoms with E-state index < -0.39 is 47.9 Å². The third-order valence-corrected chi connectivity index (χ3v) is 7.11. The van der Waals surface area contributed by atoms with Crippen LogP contribution in [0.4, 0.5) is 0 Å². The first kappa shape index (κ1) is 32.9. The van der Waals surface area contributed by atoms with Crippen molar-refractivity contribution < 1.29 is 24.3 Å². The molecule has 0 radical (unpaired) electrons. The van der Waals surface area contributed by atoms with Gasteiger partial charge in [0.25, 0.3) is 0 Å². The van der Waals surface area contributed by atoms with Crippen LogP contribution in [0.3, 0.4) is 0 Å². The topological polar surface area (TPSA) is 231 Å². The Hall–Kier alpha value is -4.56. The van der Waals surface area contributed by atoms with Crippen LogP contribution in [0, 0.1) is 0 Å². The van der Waals surface area contributed by atoms with E-state index in [1.165, 1.54) is 0 Å². The number of carbonyl (C=O) groups is 4. The van der Waals surface area contributed by atoms with Gasteiger partial charge in [-0.3, -0.25) is 19.4 Å². The van der Waals surface area contributed by atoms with E-state index in [0.29, 0.717) is 6.42 Å². The number of nitrogens with two attached hydrogens (primary N) is 3. The van der Waals surface area contributed by atoms with Gasteiger partial charge in [0, 0.05) is 35.8 Å². The standard InChI is InChI=1S/C29H38N8O5S/c30-20(14-18-15-34-21-10-5-4-9-19(18)21)25(38)36-23(13-17-7-2-1-3-8-17)26(39)37-24(16-43)27(40)35-22(28(41)42)11-6-12-33-29(31)32/h1-5,7-10,15,20,22-24,34,43H,6,11-14,16,30H2,(H,35,40)(H,36,38)(H,37,39)(H,41,42)(H4,31,32,33). The summed E-state index contributed by atoms with van der Waals surface area (Å²) in [5.74, 6) is -3.42. The van der Waals surface area contributed by atoms with E-state index >= 15 is 0 Å². The van der Waals surface area contributed by atoms with Crippen LogP contribution in [0.5, 0.6) is 0 Å². The van der Waals surface area contributed by atoms with E-state index in [4.69, 9.17) is 17.2 Å². The summed E-state index contributed by atoms with van der Waals surface area (Å²) in [5, 5.41) is 18.2. The number of thiol groups is 1. The molecule has 0 saturated heterocycles. The van der Waals surface area contributed by atoms with Crippen molar-refractivity contribution in [3.8, 4) is 0 Å². The molecule has 0 bridgehead atoms. The molecule has 4 atom stereocenters. The van der Waals surface area contributed by atoms with E-state index in [1.54, 1.807) is 30.5 Å². The van der Waals surface area contributed by atoms with Gasteiger partial charge in [0.2, 0.25) is 17.7 Å². The number of nitrogens with zero attached hydrogens (tertiary/aromatic N) is 1. The van der Waals surface area contributed by atoms with Gasteiger partial charge in [0.1, 0.15) is 18.1 Å². The van der Waals surface area contributed by atoms with Gasteiger partial charge in [-0.2, -0.15) is 12.6 Å². The van der Waals surface area contributed by atoms with Crippen LogP contribution in [0.15, 0.2) is 65.8 Å². The lowest BCUT2D eigenvalue weighted by Crippen LogP contribution is -2.58. The van der Waals surface area contributed by atoms with E-state index in [2.05, 4.69) is 38.6 Å². The molecule has 13 nitrogen and oxygen atoms in total. The van der Waals surface area contributed by atoms with E-state index in [1.807, 2.05) is 30.3 Å². The Bertz CT molecular complexity index is 1430. The van der Waals surface area contributed by atoms with Crippen molar-refractivity contribution in [2.75, 3.05) is 12.3 Å². The van der Waals surface area contributed by atoms with Crippen molar-refractivity contribution in [3.63, 3.8) is 0 Å². The fraction of sp³-hybridized carbons (Fsp3) is 0.345. The van der Waals surface area contributed by atoms with E-state index in [-0.39, 0.29) is 37.5 Å². The predicted octanol–water partition coefficient (Wildman–Crippen LogP) is -0.197. The van der Waals surface area contributed by atoms with Crippen molar-refractivity contribution in [1.29, 1.82) is 0 Å². The van der Waals surface area contributed by atoms with Crippen LogP contribution >= 0.6 is 12.6 Å². The largest absolute Gasteiger partial charge is 0.480 e. The molecule has 3 amide bonds. The maximum Gasteiger partial charge on any atom is 0.326 e. The molecule has 0 aliphatic carbocycles. The molecule has 0 fully saturated rings. The third kappa shape index (κ3) is 10.0. The van der Waals surface area contributed by atoms with Gasteiger partial charge in [-0.1, -0.05) is 48.5 Å². The Labute approximate surface area is 254 Å². The quantitative estimate of drug-likeness (QED) is 0.0455. The number of rotatable bonds is 16. The fourth-order valence-electron chi connectivity index (χ4n) is 4.47. The number of carboxylic acids is 1. The lowest BCUT2D eigenvalue weighted by Gasteiger charge is -2.24. The molecule has 0 saturated carbocycles. The number of fused-ring (bicyclic) bond motifs is 1. The average molecular weight is 611 g/mol. The Morgan fingerprint density at radius 1 is 0.860 bits per heavy atom. The number of benzene rings is 2. The molecule has 0 spiro atoms. The van der Waals surface area contributed by atoms with Crippen LogP contribution in [-0.4, -0.2) is 76.2 Å². The van der Waals surface area contributed by atoms with Gasteiger partial charge in [-0.05, 0) is 36.5 Å². The number of para-hydroxylation sites is 1. The number of carboxylic acid groups (broad SMARTS) is 1. The lowest BCUT2D eigenvalue weighted by atomic mass is 10.0. The summed E-state index contributed by atoms with van der Waals surface area (Å²) in [6, 6.07) is 12.3. The van der Waals surface area contributed by atoms with Crippen LogP contribution < -0.4 is 33.2 Å². The average Bonchev–Trinajstić information content (AvgIpc) is 3.39. The summed E-state index contributed by atoms with van der Waals surface area (Å²) in [7, 11) is 0. The number of hydrogen-bond acceptors (Lipinski definition) is 7. The number of guanidine groups is 1. The first-order valence-corrected chi connectivity index (χ1v) is 14.4. The summed E-state index contributed by atoms with van der Waals surface area (Å²) in [5.41, 5.74) is 19.4. The number of carbonyl (C=O) groups excluding carboxylic acids is 3. The molecule has 2 aromatic carbocycles. The number of aromatic nitrogens is 1. The summed E-state index contributed by atoms with van der Waals surface area (Å²) in [6.45, 7) is 0.192. The molecule has 1 heterocycles. The fourth-order valence-corrected chi connectivity index (χ4v) is 4.72. The molecule has 0 aliphatic rings. The molecule has 4 unspecified atom stereocenters. The molecular formula is C29H38N8O5S. The smallest absolute Gasteiger partial charge is 0.326 e. The van der Waals surface area contributed by atoms with Crippen molar-refractivity contribution in [2.45, 2.75) is 49.9 Å². The van der Waals surface area contributed by atoms with Crippen LogP contribution in [0.1, 0.15) is 24.0 Å². The first-order chi connectivity index (χ1) is 20.6. The maximum absolute atomic E-state index is 13.4. The molecule has 1 aromatic heterocycles. The Balaban J connectivity index is 1.68. The summed E-state index contributed by atoms with van der Waals surface area (Å²) in [6.07, 6.45) is 2.52. The number of amides is 3. The van der Waals surface area contributed by atoms with Crippen molar-refractivity contribution in [1.82, 2.24) is 20.9 Å². The monoisotopic (exact) mass is 610 g/mol. The molecule has 3 rings (SSSR count). The molecular weight excluding hydrogens is 572 g/mol. The minimum atomic E-state index is -1.25. The third-order valence-electron chi connectivity index (χ3n) is 6.74. The Morgan fingerprint density at radius 3 is 2.16 bits per heavy atom. The predicted molar refractivity (Wildman–Crippen MR) is 167 cm³/mol. The van der Waals surface area contributed by atoms with Gasteiger partial charge in [-0.15, -0.1) is 0 Å². The highest BCUT2D eigenvalue weighted by atomic mass is 32.1. The number of H-pyrrole nitrogens is 1. The number of nitrogens with one attached hydrogen (secondary N) is 4. The maximum atomic E-state index is 13.4. The second kappa shape index (κ2) is 16.2. The number of hydrogen-bond donors (Lipinski definition) is 9. The van der Waals surface area contributed by atoms with Crippen molar-refractivity contribution in [3.05, 3.63) is 71.9 Å². The Morgan fingerprint density at radius 2 is 1.49 bits per heavy atom. The highest BCUT2D eigenvalue weighted by Crippen LogP contribution is 2.19. The number of aromatic amines is 1. The minimum absolute atomic E-state index is 0.0616. The molecule has 11 N–H and O–H groups in total. The van der Waals surface area contributed by atoms with E-state index in [0.717, 1.165) is 22.0 Å². The van der Waals surface area contributed by atoms with Crippen LogP contribution in [-0.2, 0) is 32.0 Å². The lowest BCUT2D eigenvalue weighted by molar-refractivity contribution is -0.142. The molecule has 14 heteroatoms. The summed E-state index contributed by atoms with van der Waals surface area (Å²) in [4.78, 5) is 58.2. The normalized spacial score (nSPS) is 13.7. The molecule has 3 aromatic rings. The highest BCUT2D eigenvalue weighted by Gasteiger charge is 2.30. The first-order valence-electron chi connectivity index (χ1n) is 13.7. The van der Waals surface area contributed by atoms with Gasteiger partial charge >= 0.3 is 5.97 Å². The van der Waals surface area contributed by atoms with Crippen LogP contribution in [0.2, 0.25) is 0 Å². The van der Waals surface area contributed by atoms with Gasteiger partial charge in [0.05, 0.1) is 6.04 Å². The molecule has 43 heavy (non-hydrogen) atoms. The zero-order valence-corrected chi connectivity index (χ0v) is 24.4. The zero-order chi connectivity index (χ0) is 31.4. The Kier molecular flexibility index (Phi) is 12.4. The summed E-state index contributed by atoms with van der Waals surface area (Å²) < 4.78 is 0. The van der Waals surface area contributed by atoms with Crippen molar-refractivity contribution >= 4 is 53.2 Å². The number of aliphatic carboxylic acids is 1. The minimum Gasteiger partial charge on any atom is -0.480 e. The highest BCUT2D eigenvalue weighted by molar-refractivity contribution is 7.80. The number of aliphatic imine (C=N–C) groups is 1. The van der Waals surface area contributed by atoms with Gasteiger partial charge in [0.15, 0.2) is 5.96 Å². The second-order valence-corrected chi connectivity index (χ2v) is 10.4. The van der Waals surface area contributed by atoms with E-state index in [9.17, 15) is 24.3 Å². The SMILES string of the molecule is NC(N)=NCCCC(NC(=O)C(CS)NC(=O)C(Cc1ccccc1)NC(=O)C(N)Cc1c[nH]c2ccccc12)C(=O)O. The zero-order valence-electron chi connectivity index (χ0n) is 23.5. The molecule has 0 aliphatic heterocycles. The van der Waals surface area contributed by atoms with Crippen LogP contribution in [0.25, 0.3) is 10.9 Å². The second-order valence-electron chi connectivity index (χ2n) is 10.0. The van der Waals surface area contributed by atoms with Gasteiger partial charge < -0.3 is 43.2 Å². The molecule has 230 valence electrons. The van der Waals surface area contributed by atoms with Gasteiger partial charge in [-0.25, -0.2) is 4.79 Å². The summed E-state index contributed by atoms with van der Waals surface area (Å²) >= 11 is 4.18.